The maximum absolute atomic E-state index is 4.68. The summed E-state index contributed by atoms with van der Waals surface area (Å²) < 4.78 is 0. The Morgan fingerprint density at radius 1 is 1.58 bits per heavy atom. The predicted molar refractivity (Wildman–Crippen MR) is 100 cm³/mol. The van der Waals surface area contributed by atoms with Gasteiger partial charge in [-0.3, -0.25) is 4.99 Å². The van der Waals surface area contributed by atoms with E-state index in [1.807, 2.05) is 11.8 Å². The van der Waals surface area contributed by atoms with E-state index in [0.717, 1.165) is 25.6 Å². The van der Waals surface area contributed by atoms with E-state index in [2.05, 4.69) is 59.2 Å². The molecule has 1 aromatic heterocycles. The first-order valence-electron chi connectivity index (χ1n) is 6.20. The number of rotatable bonds is 6. The van der Waals surface area contributed by atoms with Crippen LogP contribution in [0.4, 0.5) is 0 Å². The molecule has 1 unspecified atom stereocenters. The van der Waals surface area contributed by atoms with Crippen LogP contribution < -0.4 is 5.32 Å². The summed E-state index contributed by atoms with van der Waals surface area (Å²) in [4.78, 5) is 6.86. The first kappa shape index (κ1) is 19.1. The lowest BCUT2D eigenvalue weighted by Crippen LogP contribution is -2.38. The smallest absolute Gasteiger partial charge is 0.193 e. The second kappa shape index (κ2) is 10.8. The number of thiophene rings is 1. The number of thioether (sulfide) groups is 1. The molecule has 0 aliphatic rings. The van der Waals surface area contributed by atoms with Crippen molar-refractivity contribution in [3.8, 4) is 0 Å². The Balaban J connectivity index is 0.00000324. The monoisotopic (exact) mass is 413 g/mol. The average Bonchev–Trinajstić information content (AvgIpc) is 2.86. The third-order valence-corrected chi connectivity index (χ3v) is 4.28. The summed E-state index contributed by atoms with van der Waals surface area (Å²) in [5.74, 6) is 0.990. The van der Waals surface area contributed by atoms with Crippen LogP contribution in [-0.2, 0) is 6.54 Å². The zero-order valence-electron chi connectivity index (χ0n) is 12.0. The number of hydrogen-bond acceptors (Lipinski definition) is 3. The fourth-order valence-corrected chi connectivity index (χ4v) is 2.37. The van der Waals surface area contributed by atoms with Gasteiger partial charge in [0.15, 0.2) is 5.96 Å². The van der Waals surface area contributed by atoms with Crippen molar-refractivity contribution in [2.24, 2.45) is 4.99 Å². The van der Waals surface area contributed by atoms with Crippen molar-refractivity contribution in [2.45, 2.75) is 25.6 Å². The van der Waals surface area contributed by atoms with Crippen molar-refractivity contribution in [3.63, 3.8) is 0 Å². The molecule has 0 saturated heterocycles. The summed E-state index contributed by atoms with van der Waals surface area (Å²) in [7, 11) is 2.09. The Hall–Kier alpha value is 0.0500. The summed E-state index contributed by atoms with van der Waals surface area (Å²) >= 11 is 3.59. The van der Waals surface area contributed by atoms with Gasteiger partial charge in [0.2, 0.25) is 0 Å². The van der Waals surface area contributed by atoms with Crippen molar-refractivity contribution in [2.75, 3.05) is 26.4 Å². The number of hydrogen-bond donors (Lipinski definition) is 1. The molecule has 0 bridgehead atoms. The van der Waals surface area contributed by atoms with Gasteiger partial charge in [-0.25, -0.2) is 0 Å². The van der Waals surface area contributed by atoms with Gasteiger partial charge in [0.05, 0.1) is 6.54 Å². The molecule has 1 heterocycles. The molecule has 1 atom stereocenters. The Bertz CT molecular complexity index is 355. The molecule has 6 heteroatoms. The van der Waals surface area contributed by atoms with Crippen molar-refractivity contribution in [3.05, 3.63) is 22.4 Å². The van der Waals surface area contributed by atoms with Crippen LogP contribution in [0.3, 0.4) is 0 Å². The molecule has 1 aromatic rings. The maximum atomic E-state index is 4.68. The molecule has 0 amide bonds. The minimum atomic E-state index is 0. The number of aliphatic imine (C=N–C) groups is 1. The molecule has 3 nitrogen and oxygen atoms in total. The van der Waals surface area contributed by atoms with Gasteiger partial charge in [-0.2, -0.15) is 23.1 Å². The largest absolute Gasteiger partial charge is 0.357 e. The van der Waals surface area contributed by atoms with Gasteiger partial charge in [-0.1, -0.05) is 6.92 Å². The summed E-state index contributed by atoms with van der Waals surface area (Å²) in [6, 6.07) is 2.16. The summed E-state index contributed by atoms with van der Waals surface area (Å²) in [6.45, 7) is 6.98. The van der Waals surface area contributed by atoms with Crippen LogP contribution in [0.5, 0.6) is 0 Å². The topological polar surface area (TPSA) is 27.6 Å². The first-order chi connectivity index (χ1) is 8.67. The zero-order chi connectivity index (χ0) is 13.4. The molecule has 19 heavy (non-hydrogen) atoms. The summed E-state index contributed by atoms with van der Waals surface area (Å²) in [6.07, 6.45) is 2.13. The molecular formula is C13H24IN3S2. The van der Waals surface area contributed by atoms with Gasteiger partial charge in [0.25, 0.3) is 0 Å². The summed E-state index contributed by atoms with van der Waals surface area (Å²) in [5.41, 5.74) is 1.34. The van der Waals surface area contributed by atoms with Crippen molar-refractivity contribution >= 4 is 53.0 Å². The highest BCUT2D eigenvalue weighted by atomic mass is 127. The normalized spacial score (nSPS) is 12.7. The van der Waals surface area contributed by atoms with Gasteiger partial charge in [0.1, 0.15) is 0 Å². The average molecular weight is 413 g/mol. The molecular weight excluding hydrogens is 389 g/mol. The van der Waals surface area contributed by atoms with E-state index in [4.69, 9.17) is 0 Å². The molecule has 0 spiro atoms. The quantitative estimate of drug-likeness (QED) is 0.440. The Morgan fingerprint density at radius 2 is 2.32 bits per heavy atom. The Kier molecular flexibility index (Phi) is 10.8. The molecule has 0 aliphatic heterocycles. The third kappa shape index (κ3) is 7.41. The maximum Gasteiger partial charge on any atom is 0.193 e. The minimum absolute atomic E-state index is 0. The van der Waals surface area contributed by atoms with E-state index >= 15 is 0 Å². The Labute approximate surface area is 142 Å². The number of guanidine groups is 1. The van der Waals surface area contributed by atoms with Crippen molar-refractivity contribution < 1.29 is 0 Å². The highest BCUT2D eigenvalue weighted by Gasteiger charge is 2.07. The molecule has 1 N–H and O–H groups in total. The fourth-order valence-electron chi connectivity index (χ4n) is 1.49. The zero-order valence-corrected chi connectivity index (χ0v) is 16.0. The van der Waals surface area contributed by atoms with Gasteiger partial charge in [-0.15, -0.1) is 24.0 Å². The molecule has 0 saturated carbocycles. The van der Waals surface area contributed by atoms with Crippen LogP contribution in [0.15, 0.2) is 21.8 Å². The first-order valence-corrected chi connectivity index (χ1v) is 8.43. The summed E-state index contributed by atoms with van der Waals surface area (Å²) in [5, 5.41) is 8.21. The van der Waals surface area contributed by atoms with E-state index in [-0.39, 0.29) is 24.0 Å². The molecule has 110 valence electrons. The lowest BCUT2D eigenvalue weighted by Gasteiger charge is -2.22. The van der Waals surface area contributed by atoms with Crippen LogP contribution in [-0.4, -0.2) is 42.5 Å². The second-order valence-electron chi connectivity index (χ2n) is 4.23. The highest BCUT2D eigenvalue weighted by Crippen LogP contribution is 2.09. The van der Waals surface area contributed by atoms with Crippen LogP contribution in [0.2, 0.25) is 0 Å². The predicted octanol–water partition coefficient (Wildman–Crippen LogP) is 3.51. The van der Waals surface area contributed by atoms with Crippen molar-refractivity contribution in [1.29, 1.82) is 0 Å². The molecule has 0 radical (unpaired) electrons. The van der Waals surface area contributed by atoms with Crippen LogP contribution >= 0.6 is 47.1 Å². The molecule has 0 fully saturated rings. The van der Waals surface area contributed by atoms with Gasteiger partial charge in [-0.05, 0) is 35.6 Å². The fraction of sp³-hybridized carbons (Fsp3) is 0.615. The van der Waals surface area contributed by atoms with Crippen molar-refractivity contribution in [1.82, 2.24) is 10.2 Å². The van der Waals surface area contributed by atoms with Gasteiger partial charge >= 0.3 is 0 Å². The lowest BCUT2D eigenvalue weighted by atomic mass is 10.3. The van der Waals surface area contributed by atoms with E-state index in [9.17, 15) is 0 Å². The minimum Gasteiger partial charge on any atom is -0.357 e. The van der Waals surface area contributed by atoms with Crippen LogP contribution in [0.1, 0.15) is 19.4 Å². The van der Waals surface area contributed by atoms with E-state index in [0.29, 0.717) is 5.25 Å². The molecule has 1 rings (SSSR count). The number of halogens is 1. The standard InChI is InChI=1S/C13H23N3S2.HI/c1-5-14-13(15-8-11(2)17-4)16(3)9-12-6-7-18-10-12;/h6-7,10-11H,5,8-9H2,1-4H3,(H,14,15);1H. The third-order valence-electron chi connectivity index (χ3n) is 2.60. The number of nitrogens with zero attached hydrogens (tertiary/aromatic N) is 2. The lowest BCUT2D eigenvalue weighted by molar-refractivity contribution is 0.478. The van der Waals surface area contributed by atoms with E-state index in [1.165, 1.54) is 5.56 Å². The highest BCUT2D eigenvalue weighted by molar-refractivity contribution is 14.0. The van der Waals surface area contributed by atoms with E-state index < -0.39 is 0 Å². The van der Waals surface area contributed by atoms with Crippen LogP contribution in [0.25, 0.3) is 0 Å². The van der Waals surface area contributed by atoms with Gasteiger partial charge < -0.3 is 10.2 Å². The van der Waals surface area contributed by atoms with Crippen LogP contribution in [0, 0.1) is 0 Å². The Morgan fingerprint density at radius 3 is 2.84 bits per heavy atom. The number of nitrogens with one attached hydrogen (secondary N) is 1. The molecule has 0 aromatic carbocycles. The van der Waals surface area contributed by atoms with Gasteiger partial charge in [0, 0.05) is 25.4 Å². The SMILES string of the molecule is CCNC(=NCC(C)SC)N(C)Cc1ccsc1.I. The second-order valence-corrected chi connectivity index (χ2v) is 6.28. The van der Waals surface area contributed by atoms with E-state index in [1.54, 1.807) is 11.3 Å². The molecule has 0 aliphatic carbocycles.